The Kier molecular flexibility index (Phi) is 5.98. The molecule has 7 nitrogen and oxygen atoms in total. The fourth-order valence-corrected chi connectivity index (χ4v) is 6.29. The van der Waals surface area contributed by atoms with Crippen LogP contribution in [0.15, 0.2) is 48.9 Å². The maximum atomic E-state index is 9.38. The Bertz CT molecular complexity index is 1440. The van der Waals surface area contributed by atoms with Gasteiger partial charge in [0.05, 0.1) is 29.9 Å². The third-order valence-corrected chi connectivity index (χ3v) is 8.22. The molecule has 36 heavy (non-hydrogen) atoms. The van der Waals surface area contributed by atoms with E-state index in [2.05, 4.69) is 61.8 Å². The number of ether oxygens (including phenoxy) is 1. The molecule has 2 aromatic carbocycles. The van der Waals surface area contributed by atoms with Crippen LogP contribution in [0.25, 0.3) is 21.9 Å². The first kappa shape index (κ1) is 22.8. The summed E-state index contributed by atoms with van der Waals surface area (Å²) >= 11 is 0. The highest BCUT2D eigenvalue weighted by Gasteiger charge is 2.30. The van der Waals surface area contributed by atoms with Crippen LogP contribution in [-0.2, 0) is 7.05 Å². The average molecular weight is 481 g/mol. The molecule has 2 fully saturated rings. The molecule has 4 aromatic rings. The van der Waals surface area contributed by atoms with Gasteiger partial charge in [0.15, 0.2) is 0 Å². The zero-order valence-electron chi connectivity index (χ0n) is 21.0. The van der Waals surface area contributed by atoms with Crippen LogP contribution in [0.2, 0.25) is 0 Å². The molecule has 6 rings (SSSR count). The van der Waals surface area contributed by atoms with Crippen LogP contribution in [-0.4, -0.2) is 58.8 Å². The normalized spacial score (nSPS) is 21.1. The molecule has 0 N–H and O–H groups in total. The number of hydrogen-bond acceptors (Lipinski definition) is 6. The van der Waals surface area contributed by atoms with Crippen molar-refractivity contribution in [2.75, 3.05) is 38.2 Å². The molecule has 1 aliphatic heterocycles. The fraction of sp³-hybridized carbons (Fsp3) is 0.414. The second-order valence-corrected chi connectivity index (χ2v) is 10.1. The fourth-order valence-electron chi connectivity index (χ4n) is 6.29. The van der Waals surface area contributed by atoms with E-state index in [-0.39, 0.29) is 0 Å². The topological polar surface area (TPSA) is 70.2 Å². The molecule has 2 aromatic heterocycles. The van der Waals surface area contributed by atoms with Crippen LogP contribution < -0.4 is 9.64 Å². The number of hydrogen-bond donors (Lipinski definition) is 0. The number of nitrogens with zero attached hydrogens (tertiary/aromatic N) is 6. The van der Waals surface area contributed by atoms with Crippen LogP contribution in [0.1, 0.15) is 42.7 Å². The monoisotopic (exact) mass is 480 g/mol. The van der Waals surface area contributed by atoms with E-state index in [1.807, 2.05) is 12.1 Å². The van der Waals surface area contributed by atoms with Crippen LogP contribution in [0.3, 0.4) is 0 Å². The van der Waals surface area contributed by atoms with Gasteiger partial charge in [0.1, 0.15) is 11.3 Å². The highest BCUT2D eigenvalue weighted by Crippen LogP contribution is 2.39. The lowest BCUT2D eigenvalue weighted by Gasteiger charge is -2.42. The van der Waals surface area contributed by atoms with Crippen molar-refractivity contribution in [1.82, 2.24) is 19.4 Å². The molecular weight excluding hydrogens is 448 g/mol. The van der Waals surface area contributed by atoms with E-state index in [0.29, 0.717) is 12.0 Å². The summed E-state index contributed by atoms with van der Waals surface area (Å²) in [5.41, 5.74) is 6.32. The van der Waals surface area contributed by atoms with Gasteiger partial charge >= 0.3 is 0 Å². The minimum atomic E-state index is 0.571. The van der Waals surface area contributed by atoms with Crippen molar-refractivity contribution in [2.24, 2.45) is 7.05 Å². The standard InChI is InChI=1S/C29H32N6O/c1-33-19-25(24-15-20(18-30)3-8-27(24)33)21-4-6-22(7-5-21)34-11-13-35(14-12-34)28-17-23(36-2)16-26-29(28)32-10-9-31-26/h3,8-10,15-17,19,21-22H,4-7,11-14H2,1-2H3/t21-,22+. The van der Waals surface area contributed by atoms with E-state index in [9.17, 15) is 5.26 Å². The van der Waals surface area contributed by atoms with Crippen molar-refractivity contribution in [3.05, 3.63) is 60.0 Å². The molecule has 1 saturated heterocycles. The molecule has 0 amide bonds. The van der Waals surface area contributed by atoms with Crippen molar-refractivity contribution in [3.8, 4) is 11.8 Å². The number of piperazine rings is 1. The van der Waals surface area contributed by atoms with Gasteiger partial charge in [0.2, 0.25) is 0 Å². The Labute approximate surface area is 211 Å². The van der Waals surface area contributed by atoms with Crippen molar-refractivity contribution < 1.29 is 4.74 Å². The Hall–Kier alpha value is -3.63. The van der Waals surface area contributed by atoms with Gasteiger partial charge in [0.25, 0.3) is 0 Å². The number of aromatic nitrogens is 3. The van der Waals surface area contributed by atoms with Crippen LogP contribution in [0, 0.1) is 11.3 Å². The summed E-state index contributed by atoms with van der Waals surface area (Å²) in [5, 5.41) is 10.6. The summed E-state index contributed by atoms with van der Waals surface area (Å²) in [6.45, 7) is 4.10. The lowest BCUT2D eigenvalue weighted by molar-refractivity contribution is 0.141. The van der Waals surface area contributed by atoms with E-state index in [1.165, 1.54) is 42.1 Å². The van der Waals surface area contributed by atoms with Gasteiger partial charge in [-0.15, -0.1) is 0 Å². The second-order valence-electron chi connectivity index (χ2n) is 10.1. The zero-order valence-corrected chi connectivity index (χ0v) is 21.0. The van der Waals surface area contributed by atoms with Crippen molar-refractivity contribution in [2.45, 2.75) is 37.6 Å². The number of methoxy groups -OCH3 is 1. The molecule has 2 aliphatic rings. The number of benzene rings is 2. The molecule has 3 heterocycles. The number of nitriles is 1. The van der Waals surface area contributed by atoms with Gasteiger partial charge in [-0.1, -0.05) is 0 Å². The molecule has 0 bridgehead atoms. The first-order chi connectivity index (χ1) is 17.6. The first-order valence-electron chi connectivity index (χ1n) is 12.9. The van der Waals surface area contributed by atoms with Gasteiger partial charge in [-0.2, -0.15) is 5.26 Å². The largest absolute Gasteiger partial charge is 0.497 e. The molecule has 7 heteroatoms. The predicted octanol–water partition coefficient (Wildman–Crippen LogP) is 4.85. The van der Waals surface area contributed by atoms with Gasteiger partial charge in [-0.25, -0.2) is 0 Å². The van der Waals surface area contributed by atoms with Gasteiger partial charge in [-0.3, -0.25) is 14.9 Å². The maximum Gasteiger partial charge on any atom is 0.123 e. The minimum absolute atomic E-state index is 0.571. The molecule has 1 saturated carbocycles. The summed E-state index contributed by atoms with van der Waals surface area (Å²) in [5.74, 6) is 1.40. The quantitative estimate of drug-likeness (QED) is 0.416. The highest BCUT2D eigenvalue weighted by atomic mass is 16.5. The van der Waals surface area contributed by atoms with E-state index < -0.39 is 0 Å². The summed E-state index contributed by atoms with van der Waals surface area (Å²) in [7, 11) is 3.82. The van der Waals surface area contributed by atoms with Crippen LogP contribution in [0.5, 0.6) is 5.75 Å². The molecule has 0 spiro atoms. The first-order valence-corrected chi connectivity index (χ1v) is 12.9. The van der Waals surface area contributed by atoms with Crippen molar-refractivity contribution in [3.63, 3.8) is 0 Å². The van der Waals surface area contributed by atoms with Gasteiger partial charge in [0, 0.05) is 80.9 Å². The number of aryl methyl sites for hydroxylation is 1. The average Bonchev–Trinajstić information content (AvgIpc) is 3.28. The number of anilines is 1. The summed E-state index contributed by atoms with van der Waals surface area (Å²) in [6.07, 6.45) is 10.7. The lowest BCUT2D eigenvalue weighted by atomic mass is 9.81. The predicted molar refractivity (Wildman–Crippen MR) is 143 cm³/mol. The Morgan fingerprint density at radius 1 is 0.972 bits per heavy atom. The van der Waals surface area contributed by atoms with E-state index in [4.69, 9.17) is 4.74 Å². The lowest BCUT2D eigenvalue weighted by Crippen LogP contribution is -2.51. The molecule has 0 unspecified atom stereocenters. The summed E-state index contributed by atoms with van der Waals surface area (Å²) in [4.78, 5) is 14.2. The van der Waals surface area contributed by atoms with E-state index in [1.54, 1.807) is 19.5 Å². The van der Waals surface area contributed by atoms with Crippen LogP contribution >= 0.6 is 0 Å². The molecular formula is C29H32N6O. The molecule has 0 atom stereocenters. The highest BCUT2D eigenvalue weighted by molar-refractivity contribution is 5.90. The summed E-state index contributed by atoms with van der Waals surface area (Å²) in [6, 6.07) is 13.1. The maximum absolute atomic E-state index is 9.38. The van der Waals surface area contributed by atoms with E-state index >= 15 is 0 Å². The third kappa shape index (κ3) is 4.06. The van der Waals surface area contributed by atoms with Crippen molar-refractivity contribution >= 4 is 27.6 Å². The molecule has 184 valence electrons. The number of fused-ring (bicyclic) bond motifs is 2. The van der Waals surface area contributed by atoms with Gasteiger partial charge < -0.3 is 14.2 Å². The second kappa shape index (κ2) is 9.44. The van der Waals surface area contributed by atoms with Gasteiger partial charge in [-0.05, 0) is 55.4 Å². The van der Waals surface area contributed by atoms with Crippen LogP contribution in [0.4, 0.5) is 5.69 Å². The van der Waals surface area contributed by atoms with Crippen molar-refractivity contribution in [1.29, 1.82) is 5.26 Å². The SMILES string of the molecule is COc1cc(N2CCN([C@H]3CC[C@@H](c4cn(C)c5ccc(C#N)cc54)CC3)CC2)c2nccnc2c1. The zero-order chi connectivity index (χ0) is 24.6. The van der Waals surface area contributed by atoms with E-state index in [0.717, 1.165) is 54.2 Å². The smallest absolute Gasteiger partial charge is 0.123 e. The Morgan fingerprint density at radius 3 is 2.50 bits per heavy atom. The molecule has 1 aliphatic carbocycles. The molecule has 0 radical (unpaired) electrons. The number of rotatable bonds is 4. The minimum Gasteiger partial charge on any atom is -0.497 e. The third-order valence-electron chi connectivity index (χ3n) is 8.22. The summed E-state index contributed by atoms with van der Waals surface area (Å²) < 4.78 is 7.75. The Morgan fingerprint density at radius 2 is 1.75 bits per heavy atom. The Balaban J connectivity index is 1.12.